The van der Waals surface area contributed by atoms with Gasteiger partial charge in [-0.15, -0.1) is 22.0 Å². The Balaban J connectivity index is 2.04. The van der Waals surface area contributed by atoms with E-state index in [9.17, 15) is 0 Å². The molecule has 0 bridgehead atoms. The van der Waals surface area contributed by atoms with Crippen LogP contribution >= 0.6 is 11.8 Å². The van der Waals surface area contributed by atoms with Crippen molar-refractivity contribution >= 4 is 11.8 Å². The second kappa shape index (κ2) is 7.31. The molecule has 0 amide bonds. The highest BCUT2D eigenvalue weighted by Gasteiger charge is 2.11. The highest BCUT2D eigenvalue weighted by Crippen LogP contribution is 2.28. The van der Waals surface area contributed by atoms with Crippen LogP contribution in [0, 0.1) is 0 Å². The van der Waals surface area contributed by atoms with Crippen molar-refractivity contribution < 1.29 is 4.42 Å². The number of nitrogens with zero attached hydrogens (tertiary/aromatic N) is 2. The van der Waals surface area contributed by atoms with Gasteiger partial charge < -0.3 is 9.73 Å². The third kappa shape index (κ3) is 3.81. The zero-order chi connectivity index (χ0) is 13.5. The van der Waals surface area contributed by atoms with Crippen LogP contribution in [0.25, 0.3) is 11.5 Å². The largest absolute Gasteiger partial charge is 0.421 e. The average Bonchev–Trinajstić information content (AvgIpc) is 2.92. The minimum absolute atomic E-state index is 0.607. The Labute approximate surface area is 118 Å². The molecule has 0 fully saturated rings. The van der Waals surface area contributed by atoms with Gasteiger partial charge in [-0.1, -0.05) is 19.1 Å². The Morgan fingerprint density at radius 3 is 2.84 bits per heavy atom. The zero-order valence-electron chi connectivity index (χ0n) is 11.3. The zero-order valence-corrected chi connectivity index (χ0v) is 12.2. The number of thioether (sulfide) groups is 1. The van der Waals surface area contributed by atoms with Crippen molar-refractivity contribution in [2.24, 2.45) is 0 Å². The Morgan fingerprint density at radius 1 is 1.21 bits per heavy atom. The van der Waals surface area contributed by atoms with E-state index in [-0.39, 0.29) is 0 Å². The van der Waals surface area contributed by atoms with Crippen LogP contribution in [-0.4, -0.2) is 29.5 Å². The molecule has 0 aliphatic carbocycles. The lowest BCUT2D eigenvalue weighted by atomic mass is 10.2. The molecule has 0 saturated heterocycles. The molecule has 19 heavy (non-hydrogen) atoms. The maximum absolute atomic E-state index is 5.72. The summed E-state index contributed by atoms with van der Waals surface area (Å²) >= 11 is 1.68. The van der Waals surface area contributed by atoms with Crippen LogP contribution in [0.1, 0.15) is 19.2 Å². The molecule has 0 unspecified atom stereocenters. The van der Waals surface area contributed by atoms with Crippen LogP contribution in [-0.2, 0) is 6.42 Å². The standard InChI is InChI=1S/C14H19N3OS/c1-3-9-15-10-8-13-16-17-14(18-13)11-6-4-5-7-12(11)19-2/h4-7,15H,3,8-10H2,1-2H3. The number of hydrogen-bond donors (Lipinski definition) is 1. The van der Waals surface area contributed by atoms with Gasteiger partial charge >= 0.3 is 0 Å². The number of nitrogens with one attached hydrogen (secondary N) is 1. The van der Waals surface area contributed by atoms with E-state index in [0.717, 1.165) is 36.4 Å². The maximum atomic E-state index is 5.72. The van der Waals surface area contributed by atoms with Crippen molar-refractivity contribution in [3.8, 4) is 11.5 Å². The molecule has 0 spiro atoms. The SMILES string of the molecule is CCCNCCc1nnc(-c2ccccc2SC)o1. The summed E-state index contributed by atoms with van der Waals surface area (Å²) in [7, 11) is 0. The molecule has 2 rings (SSSR count). The molecular weight excluding hydrogens is 258 g/mol. The summed E-state index contributed by atoms with van der Waals surface area (Å²) in [6, 6.07) is 8.08. The monoisotopic (exact) mass is 277 g/mol. The van der Waals surface area contributed by atoms with E-state index in [0.29, 0.717) is 11.8 Å². The molecular formula is C14H19N3OS. The normalized spacial score (nSPS) is 10.8. The lowest BCUT2D eigenvalue weighted by Gasteiger charge is -2.01. The Bertz CT molecular complexity index is 513. The fraction of sp³-hybridized carbons (Fsp3) is 0.429. The average molecular weight is 277 g/mol. The van der Waals surface area contributed by atoms with Gasteiger partial charge in [-0.05, 0) is 31.4 Å². The fourth-order valence-electron chi connectivity index (χ4n) is 1.78. The van der Waals surface area contributed by atoms with Crippen molar-refractivity contribution in [3.63, 3.8) is 0 Å². The number of rotatable bonds is 7. The van der Waals surface area contributed by atoms with Crippen molar-refractivity contribution in [1.29, 1.82) is 0 Å². The van der Waals surface area contributed by atoms with E-state index in [1.165, 1.54) is 0 Å². The topological polar surface area (TPSA) is 51.0 Å². The highest BCUT2D eigenvalue weighted by molar-refractivity contribution is 7.98. The lowest BCUT2D eigenvalue weighted by molar-refractivity contribution is 0.493. The lowest BCUT2D eigenvalue weighted by Crippen LogP contribution is -2.17. The minimum atomic E-state index is 0.607. The molecule has 0 saturated carbocycles. The van der Waals surface area contributed by atoms with Crippen LogP contribution in [0.15, 0.2) is 33.6 Å². The van der Waals surface area contributed by atoms with Gasteiger partial charge in [0.1, 0.15) is 0 Å². The Kier molecular flexibility index (Phi) is 5.42. The first-order chi connectivity index (χ1) is 9.35. The van der Waals surface area contributed by atoms with Crippen LogP contribution in [0.3, 0.4) is 0 Å². The quantitative estimate of drug-likeness (QED) is 0.623. The molecule has 0 aliphatic heterocycles. The molecule has 0 aliphatic rings. The van der Waals surface area contributed by atoms with Crippen LogP contribution in [0.4, 0.5) is 0 Å². The molecule has 1 aromatic heterocycles. The van der Waals surface area contributed by atoms with Gasteiger partial charge in [0.15, 0.2) is 0 Å². The fourth-order valence-corrected chi connectivity index (χ4v) is 2.37. The smallest absolute Gasteiger partial charge is 0.248 e. The molecule has 5 heteroatoms. The van der Waals surface area contributed by atoms with E-state index in [4.69, 9.17) is 4.42 Å². The summed E-state index contributed by atoms with van der Waals surface area (Å²) in [4.78, 5) is 1.15. The molecule has 0 radical (unpaired) electrons. The summed E-state index contributed by atoms with van der Waals surface area (Å²) in [5.41, 5.74) is 1.01. The summed E-state index contributed by atoms with van der Waals surface area (Å²) in [5, 5.41) is 11.6. The minimum Gasteiger partial charge on any atom is -0.421 e. The molecule has 1 N–H and O–H groups in total. The predicted molar refractivity (Wildman–Crippen MR) is 78.4 cm³/mol. The van der Waals surface area contributed by atoms with Crippen LogP contribution < -0.4 is 5.32 Å². The van der Waals surface area contributed by atoms with E-state index >= 15 is 0 Å². The van der Waals surface area contributed by atoms with E-state index in [1.54, 1.807) is 11.8 Å². The molecule has 4 nitrogen and oxygen atoms in total. The van der Waals surface area contributed by atoms with Crippen molar-refractivity contribution in [2.45, 2.75) is 24.7 Å². The van der Waals surface area contributed by atoms with Gasteiger partial charge in [-0.25, -0.2) is 0 Å². The summed E-state index contributed by atoms with van der Waals surface area (Å²) in [6.45, 7) is 4.05. The van der Waals surface area contributed by atoms with Gasteiger partial charge in [0.25, 0.3) is 0 Å². The first-order valence-corrected chi connectivity index (χ1v) is 7.74. The van der Waals surface area contributed by atoms with Crippen LogP contribution in [0.5, 0.6) is 0 Å². The third-order valence-corrected chi connectivity index (χ3v) is 3.54. The molecule has 102 valence electrons. The van der Waals surface area contributed by atoms with Crippen molar-refractivity contribution in [2.75, 3.05) is 19.3 Å². The number of aromatic nitrogens is 2. The van der Waals surface area contributed by atoms with E-state index < -0.39 is 0 Å². The van der Waals surface area contributed by atoms with Gasteiger partial charge in [0, 0.05) is 17.9 Å². The third-order valence-electron chi connectivity index (χ3n) is 2.75. The second-order valence-corrected chi connectivity index (χ2v) is 5.05. The molecule has 1 heterocycles. The summed E-state index contributed by atoms with van der Waals surface area (Å²) in [6.07, 6.45) is 3.95. The molecule has 0 atom stereocenters. The Hall–Kier alpha value is -1.33. The van der Waals surface area contributed by atoms with Gasteiger partial charge in [0.05, 0.1) is 5.56 Å². The van der Waals surface area contributed by atoms with Gasteiger partial charge in [0.2, 0.25) is 11.8 Å². The van der Waals surface area contributed by atoms with Crippen LogP contribution in [0.2, 0.25) is 0 Å². The van der Waals surface area contributed by atoms with Crippen molar-refractivity contribution in [1.82, 2.24) is 15.5 Å². The van der Waals surface area contributed by atoms with Crippen molar-refractivity contribution in [3.05, 3.63) is 30.2 Å². The number of hydrogen-bond acceptors (Lipinski definition) is 5. The highest BCUT2D eigenvalue weighted by atomic mass is 32.2. The summed E-state index contributed by atoms with van der Waals surface area (Å²) < 4.78 is 5.72. The van der Waals surface area contributed by atoms with Gasteiger partial charge in [-0.2, -0.15) is 0 Å². The van der Waals surface area contributed by atoms with E-state index in [2.05, 4.69) is 28.5 Å². The van der Waals surface area contributed by atoms with E-state index in [1.807, 2.05) is 24.5 Å². The molecule has 2 aromatic rings. The van der Waals surface area contributed by atoms with Gasteiger partial charge in [-0.3, -0.25) is 0 Å². The summed E-state index contributed by atoms with van der Waals surface area (Å²) in [5.74, 6) is 1.30. The molecule has 1 aromatic carbocycles. The number of benzene rings is 1. The second-order valence-electron chi connectivity index (χ2n) is 4.20. The first kappa shape index (κ1) is 14.1. The Morgan fingerprint density at radius 2 is 2.05 bits per heavy atom. The maximum Gasteiger partial charge on any atom is 0.248 e. The predicted octanol–water partition coefficient (Wildman–Crippen LogP) is 3.00. The first-order valence-electron chi connectivity index (χ1n) is 6.51.